The summed E-state index contributed by atoms with van der Waals surface area (Å²) in [5.74, 6) is 0.210. The SMILES string of the molecule is CCOC(=O)/C=C/[C@H](OC1CCCCO1)C1CCCCC1. The summed E-state index contributed by atoms with van der Waals surface area (Å²) >= 11 is 0. The molecule has 0 aromatic heterocycles. The smallest absolute Gasteiger partial charge is 0.330 e. The fourth-order valence-corrected chi connectivity index (χ4v) is 3.13. The summed E-state index contributed by atoms with van der Waals surface area (Å²) < 4.78 is 16.8. The van der Waals surface area contributed by atoms with Gasteiger partial charge >= 0.3 is 5.97 Å². The van der Waals surface area contributed by atoms with E-state index in [0.29, 0.717) is 12.5 Å². The monoisotopic (exact) mass is 296 g/mol. The van der Waals surface area contributed by atoms with Crippen molar-refractivity contribution in [3.63, 3.8) is 0 Å². The van der Waals surface area contributed by atoms with Gasteiger partial charge in [0.05, 0.1) is 12.7 Å². The lowest BCUT2D eigenvalue weighted by atomic mass is 9.85. The lowest BCUT2D eigenvalue weighted by Gasteiger charge is -2.32. The molecule has 2 rings (SSSR count). The predicted octanol–water partition coefficient (Wildman–Crippen LogP) is 3.60. The van der Waals surface area contributed by atoms with Gasteiger partial charge in [-0.1, -0.05) is 19.3 Å². The zero-order chi connectivity index (χ0) is 14.9. The summed E-state index contributed by atoms with van der Waals surface area (Å²) in [7, 11) is 0. The van der Waals surface area contributed by atoms with Crippen LogP contribution in [0.2, 0.25) is 0 Å². The van der Waals surface area contributed by atoms with Crippen molar-refractivity contribution in [1.82, 2.24) is 0 Å². The third kappa shape index (κ3) is 5.79. The molecule has 1 heterocycles. The fourth-order valence-electron chi connectivity index (χ4n) is 3.13. The van der Waals surface area contributed by atoms with Crippen LogP contribution in [0.25, 0.3) is 0 Å². The normalized spacial score (nSPS) is 25.9. The van der Waals surface area contributed by atoms with Crippen molar-refractivity contribution in [1.29, 1.82) is 0 Å². The van der Waals surface area contributed by atoms with E-state index in [1.807, 2.05) is 13.0 Å². The number of rotatable bonds is 6. The first-order valence-electron chi connectivity index (χ1n) is 8.41. The van der Waals surface area contributed by atoms with E-state index in [-0.39, 0.29) is 18.4 Å². The van der Waals surface area contributed by atoms with Crippen LogP contribution in [0.15, 0.2) is 12.2 Å². The van der Waals surface area contributed by atoms with Crippen molar-refractivity contribution in [3.05, 3.63) is 12.2 Å². The van der Waals surface area contributed by atoms with Gasteiger partial charge in [-0.3, -0.25) is 0 Å². The summed E-state index contributed by atoms with van der Waals surface area (Å²) in [5, 5.41) is 0. The number of hydrogen-bond acceptors (Lipinski definition) is 4. The van der Waals surface area contributed by atoms with Gasteiger partial charge in [-0.15, -0.1) is 0 Å². The van der Waals surface area contributed by atoms with Crippen LogP contribution in [0.3, 0.4) is 0 Å². The first kappa shape index (κ1) is 16.5. The van der Waals surface area contributed by atoms with E-state index in [2.05, 4.69) is 0 Å². The van der Waals surface area contributed by atoms with Crippen LogP contribution in [0.5, 0.6) is 0 Å². The molecule has 0 spiro atoms. The average Bonchev–Trinajstić information content (AvgIpc) is 2.53. The number of esters is 1. The van der Waals surface area contributed by atoms with E-state index in [1.54, 1.807) is 0 Å². The topological polar surface area (TPSA) is 44.8 Å². The molecule has 0 amide bonds. The van der Waals surface area contributed by atoms with Crippen molar-refractivity contribution in [2.24, 2.45) is 5.92 Å². The molecule has 21 heavy (non-hydrogen) atoms. The Bertz CT molecular complexity index is 328. The largest absolute Gasteiger partial charge is 0.463 e. The predicted molar refractivity (Wildman–Crippen MR) is 80.8 cm³/mol. The minimum atomic E-state index is -0.286. The lowest BCUT2D eigenvalue weighted by Crippen LogP contribution is -2.32. The van der Waals surface area contributed by atoms with Crippen LogP contribution in [-0.4, -0.2) is 31.6 Å². The van der Waals surface area contributed by atoms with Gasteiger partial charge in [0, 0.05) is 12.7 Å². The second-order valence-electron chi connectivity index (χ2n) is 5.91. The first-order valence-corrected chi connectivity index (χ1v) is 8.41. The van der Waals surface area contributed by atoms with Gasteiger partial charge in [0.25, 0.3) is 0 Å². The zero-order valence-corrected chi connectivity index (χ0v) is 13.1. The molecule has 0 aromatic carbocycles. The maximum absolute atomic E-state index is 11.5. The van der Waals surface area contributed by atoms with Crippen LogP contribution in [0, 0.1) is 5.92 Å². The Morgan fingerprint density at radius 2 is 1.95 bits per heavy atom. The Morgan fingerprint density at radius 1 is 1.19 bits per heavy atom. The highest BCUT2D eigenvalue weighted by atomic mass is 16.7. The van der Waals surface area contributed by atoms with Crippen LogP contribution in [0.4, 0.5) is 0 Å². The molecular weight excluding hydrogens is 268 g/mol. The van der Waals surface area contributed by atoms with Gasteiger partial charge in [-0.2, -0.15) is 0 Å². The van der Waals surface area contributed by atoms with Crippen LogP contribution in [0.1, 0.15) is 58.3 Å². The Balaban J connectivity index is 1.93. The van der Waals surface area contributed by atoms with Crippen molar-refractivity contribution >= 4 is 5.97 Å². The molecule has 4 nitrogen and oxygen atoms in total. The Kier molecular flexibility index (Phi) is 7.24. The third-order valence-corrected chi connectivity index (χ3v) is 4.27. The third-order valence-electron chi connectivity index (χ3n) is 4.27. The van der Waals surface area contributed by atoms with Gasteiger partial charge in [-0.05, 0) is 51.0 Å². The maximum atomic E-state index is 11.5. The molecule has 1 unspecified atom stereocenters. The molecule has 1 aliphatic carbocycles. The van der Waals surface area contributed by atoms with Crippen LogP contribution >= 0.6 is 0 Å². The van der Waals surface area contributed by atoms with E-state index in [1.165, 1.54) is 38.2 Å². The summed E-state index contributed by atoms with van der Waals surface area (Å²) in [6.07, 6.45) is 12.6. The molecule has 0 aromatic rings. The maximum Gasteiger partial charge on any atom is 0.330 e. The molecule has 0 radical (unpaired) electrons. The highest BCUT2D eigenvalue weighted by molar-refractivity contribution is 5.81. The lowest BCUT2D eigenvalue weighted by molar-refractivity contribution is -0.189. The molecule has 0 N–H and O–H groups in total. The molecule has 0 bridgehead atoms. The molecule has 120 valence electrons. The van der Waals surface area contributed by atoms with E-state index < -0.39 is 0 Å². The molecule has 2 aliphatic rings. The highest BCUT2D eigenvalue weighted by Crippen LogP contribution is 2.30. The van der Waals surface area contributed by atoms with Crippen molar-refractivity contribution < 1.29 is 19.0 Å². The van der Waals surface area contributed by atoms with E-state index in [4.69, 9.17) is 14.2 Å². The zero-order valence-electron chi connectivity index (χ0n) is 13.1. The second-order valence-corrected chi connectivity index (χ2v) is 5.91. The molecule has 1 saturated carbocycles. The number of carbonyl (C=O) groups is 1. The second kappa shape index (κ2) is 9.21. The number of hydrogen-bond donors (Lipinski definition) is 0. The fraction of sp³-hybridized carbons (Fsp3) is 0.824. The van der Waals surface area contributed by atoms with Crippen molar-refractivity contribution in [2.45, 2.75) is 70.7 Å². The van der Waals surface area contributed by atoms with Gasteiger partial charge in [0.1, 0.15) is 0 Å². The highest BCUT2D eigenvalue weighted by Gasteiger charge is 2.26. The number of carbonyl (C=O) groups excluding carboxylic acids is 1. The quantitative estimate of drug-likeness (QED) is 0.555. The molecule has 2 atom stereocenters. The Labute approximate surface area is 127 Å². The van der Waals surface area contributed by atoms with E-state index >= 15 is 0 Å². The van der Waals surface area contributed by atoms with Crippen LogP contribution < -0.4 is 0 Å². The molecule has 2 fully saturated rings. The molecule has 4 heteroatoms. The Hall–Kier alpha value is -0.870. The molecule has 1 saturated heterocycles. The first-order chi connectivity index (χ1) is 10.3. The van der Waals surface area contributed by atoms with Gasteiger partial charge in [0.2, 0.25) is 0 Å². The summed E-state index contributed by atoms with van der Waals surface area (Å²) in [5.41, 5.74) is 0. The van der Waals surface area contributed by atoms with Crippen LogP contribution in [-0.2, 0) is 19.0 Å². The van der Waals surface area contributed by atoms with E-state index in [0.717, 1.165) is 25.9 Å². The summed E-state index contributed by atoms with van der Waals surface area (Å²) in [6.45, 7) is 3.00. The Morgan fingerprint density at radius 3 is 2.62 bits per heavy atom. The standard InChI is InChI=1S/C17H28O4/c1-2-19-16(18)12-11-15(14-8-4-3-5-9-14)21-17-10-6-7-13-20-17/h11-12,14-15,17H,2-10,13H2,1H3/b12-11+/t15-,17?/m0/s1. The summed E-state index contributed by atoms with van der Waals surface area (Å²) in [4.78, 5) is 11.5. The number of ether oxygens (including phenoxy) is 3. The van der Waals surface area contributed by atoms with Crippen molar-refractivity contribution in [3.8, 4) is 0 Å². The van der Waals surface area contributed by atoms with Gasteiger partial charge < -0.3 is 14.2 Å². The minimum absolute atomic E-state index is 0.0298. The average molecular weight is 296 g/mol. The minimum Gasteiger partial charge on any atom is -0.463 e. The van der Waals surface area contributed by atoms with Crippen molar-refractivity contribution in [2.75, 3.05) is 13.2 Å². The molecule has 1 aliphatic heterocycles. The van der Waals surface area contributed by atoms with Gasteiger partial charge in [0.15, 0.2) is 6.29 Å². The molecular formula is C17H28O4. The van der Waals surface area contributed by atoms with Gasteiger partial charge in [-0.25, -0.2) is 4.79 Å². The van der Waals surface area contributed by atoms with E-state index in [9.17, 15) is 4.79 Å². The summed E-state index contributed by atoms with van der Waals surface area (Å²) in [6, 6.07) is 0.